The number of rotatable bonds is 1. The van der Waals surface area contributed by atoms with Gasteiger partial charge in [-0.15, -0.1) is 0 Å². The molecule has 19 heavy (non-hydrogen) atoms. The van der Waals surface area contributed by atoms with Crippen molar-refractivity contribution in [2.45, 2.75) is 6.54 Å². The molecular weight excluding hydrogens is 302 g/mol. The molecule has 2 heterocycles. The smallest absolute Gasteiger partial charge is 0.182 e. The molecule has 4 heteroatoms. The lowest BCUT2D eigenvalue weighted by molar-refractivity contribution is 0.722. The largest absolute Gasteiger partial charge is 0.241 e. The SMILES string of the molecule is Brc1ccccc1-c1nc2n(n1)Cc1ccccc1-2. The van der Waals surface area contributed by atoms with Gasteiger partial charge in [-0.05, 0) is 17.7 Å². The molecule has 0 saturated carbocycles. The highest BCUT2D eigenvalue weighted by Gasteiger charge is 2.22. The van der Waals surface area contributed by atoms with Crippen molar-refractivity contribution in [2.75, 3.05) is 0 Å². The third kappa shape index (κ3) is 1.64. The molecule has 0 bridgehead atoms. The Morgan fingerprint density at radius 1 is 0.947 bits per heavy atom. The van der Waals surface area contributed by atoms with Crippen molar-refractivity contribution in [3.8, 4) is 22.8 Å². The van der Waals surface area contributed by atoms with Gasteiger partial charge < -0.3 is 0 Å². The highest BCUT2D eigenvalue weighted by atomic mass is 79.9. The van der Waals surface area contributed by atoms with Crippen molar-refractivity contribution >= 4 is 15.9 Å². The van der Waals surface area contributed by atoms with Crippen LogP contribution < -0.4 is 0 Å². The van der Waals surface area contributed by atoms with Crippen LogP contribution in [-0.2, 0) is 6.54 Å². The minimum atomic E-state index is 0.775. The van der Waals surface area contributed by atoms with E-state index in [-0.39, 0.29) is 0 Å². The molecule has 1 aliphatic heterocycles. The molecule has 0 aliphatic carbocycles. The fourth-order valence-corrected chi connectivity index (χ4v) is 2.91. The lowest BCUT2D eigenvalue weighted by atomic mass is 10.1. The van der Waals surface area contributed by atoms with Crippen molar-refractivity contribution < 1.29 is 0 Å². The summed E-state index contributed by atoms with van der Waals surface area (Å²) in [6.45, 7) is 0.808. The predicted octanol–water partition coefficient (Wildman–Crippen LogP) is 3.74. The van der Waals surface area contributed by atoms with Gasteiger partial charge in [0.2, 0.25) is 0 Å². The normalized spacial score (nSPS) is 12.3. The Balaban J connectivity index is 1.87. The molecule has 0 spiro atoms. The first-order valence-electron chi connectivity index (χ1n) is 6.11. The maximum Gasteiger partial charge on any atom is 0.182 e. The standard InChI is InChI=1S/C15H10BrN3/c16-13-8-4-3-7-12(13)14-17-15-11-6-2-1-5-10(11)9-19(15)18-14/h1-8H,9H2. The zero-order chi connectivity index (χ0) is 12.8. The maximum atomic E-state index is 4.69. The van der Waals surface area contributed by atoms with E-state index >= 15 is 0 Å². The summed E-state index contributed by atoms with van der Waals surface area (Å²) in [5.41, 5.74) is 3.51. The van der Waals surface area contributed by atoms with Crippen molar-refractivity contribution in [1.29, 1.82) is 0 Å². The summed E-state index contributed by atoms with van der Waals surface area (Å²) in [5, 5.41) is 4.61. The Morgan fingerprint density at radius 3 is 2.53 bits per heavy atom. The molecule has 3 nitrogen and oxygen atoms in total. The molecule has 0 radical (unpaired) electrons. The van der Waals surface area contributed by atoms with E-state index in [0.29, 0.717) is 0 Å². The molecule has 0 unspecified atom stereocenters. The average molecular weight is 312 g/mol. The van der Waals surface area contributed by atoms with Crippen LogP contribution >= 0.6 is 15.9 Å². The second-order valence-electron chi connectivity index (χ2n) is 4.55. The molecule has 1 aliphatic rings. The number of benzene rings is 2. The molecule has 2 aromatic carbocycles. The number of fused-ring (bicyclic) bond motifs is 3. The van der Waals surface area contributed by atoms with Crippen molar-refractivity contribution in [2.24, 2.45) is 0 Å². The summed E-state index contributed by atoms with van der Waals surface area (Å²) in [5.74, 6) is 1.73. The summed E-state index contributed by atoms with van der Waals surface area (Å²) in [7, 11) is 0. The van der Waals surface area contributed by atoms with Crippen LogP contribution in [-0.4, -0.2) is 14.8 Å². The van der Waals surface area contributed by atoms with E-state index in [1.54, 1.807) is 0 Å². The minimum absolute atomic E-state index is 0.775. The zero-order valence-electron chi connectivity index (χ0n) is 10.0. The Morgan fingerprint density at radius 2 is 1.68 bits per heavy atom. The molecule has 92 valence electrons. The van der Waals surface area contributed by atoms with E-state index in [0.717, 1.165) is 28.2 Å². The van der Waals surface area contributed by atoms with Gasteiger partial charge in [0.25, 0.3) is 0 Å². The summed E-state index contributed by atoms with van der Waals surface area (Å²) < 4.78 is 2.99. The van der Waals surface area contributed by atoms with Crippen molar-refractivity contribution in [3.63, 3.8) is 0 Å². The van der Waals surface area contributed by atoms with Crippen LogP contribution in [0.5, 0.6) is 0 Å². The molecule has 3 aromatic rings. The fourth-order valence-electron chi connectivity index (χ4n) is 2.45. The first-order chi connectivity index (χ1) is 9.33. The molecule has 4 rings (SSSR count). The van der Waals surface area contributed by atoms with Crippen LogP contribution in [0.15, 0.2) is 53.0 Å². The fraction of sp³-hybridized carbons (Fsp3) is 0.0667. The molecule has 0 saturated heterocycles. The number of hydrogen-bond donors (Lipinski definition) is 0. The summed E-state index contributed by atoms with van der Waals surface area (Å²) >= 11 is 3.55. The summed E-state index contributed by atoms with van der Waals surface area (Å²) in [6, 6.07) is 16.4. The topological polar surface area (TPSA) is 30.7 Å². The highest BCUT2D eigenvalue weighted by Crippen LogP contribution is 2.33. The van der Waals surface area contributed by atoms with E-state index in [4.69, 9.17) is 0 Å². The van der Waals surface area contributed by atoms with Crippen LogP contribution in [0, 0.1) is 0 Å². The number of nitrogens with zero attached hydrogens (tertiary/aromatic N) is 3. The maximum absolute atomic E-state index is 4.69. The average Bonchev–Trinajstić information content (AvgIpc) is 2.96. The number of hydrogen-bond acceptors (Lipinski definition) is 2. The summed E-state index contributed by atoms with van der Waals surface area (Å²) in [6.07, 6.45) is 0. The van der Waals surface area contributed by atoms with Gasteiger partial charge >= 0.3 is 0 Å². The van der Waals surface area contributed by atoms with Crippen LogP contribution in [0.2, 0.25) is 0 Å². The van der Waals surface area contributed by atoms with Gasteiger partial charge in [0, 0.05) is 15.6 Å². The van der Waals surface area contributed by atoms with E-state index < -0.39 is 0 Å². The van der Waals surface area contributed by atoms with Gasteiger partial charge in [-0.3, -0.25) is 0 Å². The van der Waals surface area contributed by atoms with Crippen LogP contribution in [0.3, 0.4) is 0 Å². The highest BCUT2D eigenvalue weighted by molar-refractivity contribution is 9.10. The molecule has 1 aromatic heterocycles. The van der Waals surface area contributed by atoms with E-state index in [1.165, 1.54) is 11.1 Å². The van der Waals surface area contributed by atoms with Gasteiger partial charge in [0.1, 0.15) is 0 Å². The van der Waals surface area contributed by atoms with Crippen LogP contribution in [0.25, 0.3) is 22.8 Å². The quantitative estimate of drug-likeness (QED) is 0.536. The third-order valence-electron chi connectivity index (χ3n) is 3.36. The second-order valence-corrected chi connectivity index (χ2v) is 5.41. The Kier molecular flexibility index (Phi) is 2.32. The number of halogens is 1. The molecule has 0 fully saturated rings. The lowest BCUT2D eigenvalue weighted by Crippen LogP contribution is -1.95. The van der Waals surface area contributed by atoms with E-state index in [9.17, 15) is 0 Å². The summed E-state index contributed by atoms with van der Waals surface area (Å²) in [4.78, 5) is 4.69. The van der Waals surface area contributed by atoms with Crippen LogP contribution in [0.1, 0.15) is 5.56 Å². The van der Waals surface area contributed by atoms with Gasteiger partial charge in [-0.25, -0.2) is 9.67 Å². The lowest BCUT2D eigenvalue weighted by Gasteiger charge is -1.99. The minimum Gasteiger partial charge on any atom is -0.241 e. The molecule has 0 atom stereocenters. The Labute approximate surface area is 119 Å². The van der Waals surface area contributed by atoms with Crippen LogP contribution in [0.4, 0.5) is 0 Å². The molecule has 0 amide bonds. The second kappa shape index (κ2) is 4.03. The van der Waals surface area contributed by atoms with Gasteiger partial charge in [0.15, 0.2) is 11.6 Å². The van der Waals surface area contributed by atoms with Crippen molar-refractivity contribution in [1.82, 2.24) is 14.8 Å². The number of aromatic nitrogens is 3. The van der Waals surface area contributed by atoms with Gasteiger partial charge in [0.05, 0.1) is 6.54 Å². The van der Waals surface area contributed by atoms with E-state index in [1.807, 2.05) is 35.0 Å². The molecular formula is C15H10BrN3. The zero-order valence-corrected chi connectivity index (χ0v) is 11.6. The Hall–Kier alpha value is -1.94. The van der Waals surface area contributed by atoms with Crippen molar-refractivity contribution in [3.05, 3.63) is 58.6 Å². The first kappa shape index (κ1) is 10.9. The van der Waals surface area contributed by atoms with E-state index in [2.05, 4.69) is 44.2 Å². The third-order valence-corrected chi connectivity index (χ3v) is 4.06. The Bertz CT molecular complexity index is 777. The monoisotopic (exact) mass is 311 g/mol. The molecule has 0 N–H and O–H groups in total. The van der Waals surface area contributed by atoms with Gasteiger partial charge in [-0.1, -0.05) is 52.3 Å². The first-order valence-corrected chi connectivity index (χ1v) is 6.90. The van der Waals surface area contributed by atoms with Gasteiger partial charge in [-0.2, -0.15) is 5.10 Å². The predicted molar refractivity (Wildman–Crippen MR) is 77.7 cm³/mol.